The molecule has 0 atom stereocenters. The van der Waals surface area contributed by atoms with Gasteiger partial charge in [-0.3, -0.25) is 0 Å². The fourth-order valence-electron chi connectivity index (χ4n) is 5.35. The van der Waals surface area contributed by atoms with E-state index in [0.717, 1.165) is 4.47 Å². The van der Waals surface area contributed by atoms with Crippen LogP contribution in [-0.4, -0.2) is 4.57 Å². The highest BCUT2D eigenvalue weighted by atomic mass is 79.9. The smallest absolute Gasteiger partial charge is 0.0625 e. The number of benzene rings is 6. The molecule has 0 bridgehead atoms. The minimum atomic E-state index is 1.09. The van der Waals surface area contributed by atoms with E-state index in [0.29, 0.717) is 0 Å². The van der Waals surface area contributed by atoms with Crippen molar-refractivity contribution in [2.75, 3.05) is 0 Å². The molecule has 0 radical (unpaired) electrons. The van der Waals surface area contributed by atoms with Gasteiger partial charge in [0.15, 0.2) is 0 Å². The first-order valence-corrected chi connectivity index (χ1v) is 12.3. The summed E-state index contributed by atoms with van der Waals surface area (Å²) in [6.45, 7) is 0. The third kappa shape index (κ3) is 2.85. The second-order valence-electron chi connectivity index (χ2n) is 8.72. The molecule has 0 unspecified atom stereocenters. The molecule has 0 saturated heterocycles. The van der Waals surface area contributed by atoms with E-state index in [1.54, 1.807) is 0 Å². The minimum absolute atomic E-state index is 1.09. The molecule has 0 amide bonds. The zero-order valence-electron chi connectivity index (χ0n) is 18.4. The number of rotatable bonds is 2. The molecule has 0 aliphatic heterocycles. The summed E-state index contributed by atoms with van der Waals surface area (Å²) in [4.78, 5) is 0. The fraction of sp³-hybridized carbons (Fsp3) is 0. The Morgan fingerprint density at radius 3 is 1.79 bits per heavy atom. The van der Waals surface area contributed by atoms with Gasteiger partial charge in [-0.1, -0.05) is 107 Å². The normalized spacial score (nSPS) is 11.7. The molecule has 160 valence electrons. The maximum absolute atomic E-state index is 3.72. The number of aromatic nitrogens is 1. The van der Waals surface area contributed by atoms with Gasteiger partial charge in [-0.2, -0.15) is 0 Å². The lowest BCUT2D eigenvalue weighted by Crippen LogP contribution is -1.95. The topological polar surface area (TPSA) is 4.93 Å². The molecule has 6 aromatic carbocycles. The molecule has 1 nitrogen and oxygen atoms in total. The van der Waals surface area contributed by atoms with E-state index < -0.39 is 0 Å². The molecule has 0 spiro atoms. The van der Waals surface area contributed by atoms with Crippen LogP contribution in [0.15, 0.2) is 126 Å². The van der Waals surface area contributed by atoms with E-state index in [1.165, 1.54) is 60.2 Å². The third-order valence-electron chi connectivity index (χ3n) is 6.83. The van der Waals surface area contributed by atoms with Crippen LogP contribution in [0.25, 0.3) is 60.2 Å². The van der Waals surface area contributed by atoms with Crippen LogP contribution in [0.1, 0.15) is 0 Å². The monoisotopic (exact) mass is 497 g/mol. The molecule has 1 aromatic heterocycles. The van der Waals surface area contributed by atoms with Crippen LogP contribution in [0.5, 0.6) is 0 Å². The Bertz CT molecular complexity index is 1840. The van der Waals surface area contributed by atoms with Crippen molar-refractivity contribution >= 4 is 59.3 Å². The van der Waals surface area contributed by atoms with Crippen molar-refractivity contribution in [2.24, 2.45) is 0 Å². The maximum atomic E-state index is 3.72. The standard InChI is InChI=1S/C32H20BrN/c33-23-16-19-30-29(20-23)31-27-12-6-4-10-25(27)26-11-5-7-13-28(26)32(31)34(30)24-17-14-22(15-18-24)21-8-2-1-3-9-21/h1-20H. The summed E-state index contributed by atoms with van der Waals surface area (Å²) in [5.74, 6) is 0. The van der Waals surface area contributed by atoms with Crippen LogP contribution >= 0.6 is 15.9 Å². The minimum Gasteiger partial charge on any atom is -0.309 e. The van der Waals surface area contributed by atoms with E-state index in [2.05, 4.69) is 142 Å². The van der Waals surface area contributed by atoms with E-state index in [4.69, 9.17) is 0 Å². The lowest BCUT2D eigenvalue weighted by Gasteiger charge is -2.13. The summed E-state index contributed by atoms with van der Waals surface area (Å²) in [6.07, 6.45) is 0. The number of halogens is 1. The number of hydrogen-bond donors (Lipinski definition) is 0. The Hall–Kier alpha value is -3.88. The van der Waals surface area contributed by atoms with Crippen LogP contribution in [-0.2, 0) is 0 Å². The van der Waals surface area contributed by atoms with Crippen LogP contribution in [0.3, 0.4) is 0 Å². The van der Waals surface area contributed by atoms with Crippen molar-refractivity contribution in [3.8, 4) is 16.8 Å². The summed E-state index contributed by atoms with van der Waals surface area (Å²) in [7, 11) is 0. The molecule has 0 N–H and O–H groups in total. The molecule has 0 fully saturated rings. The molecule has 0 aliphatic rings. The zero-order chi connectivity index (χ0) is 22.6. The number of hydrogen-bond acceptors (Lipinski definition) is 0. The highest BCUT2D eigenvalue weighted by Crippen LogP contribution is 2.43. The Kier molecular flexibility index (Phi) is 4.36. The lowest BCUT2D eigenvalue weighted by molar-refractivity contribution is 1.19. The summed E-state index contributed by atoms with van der Waals surface area (Å²) in [6, 6.07) is 43.7. The van der Waals surface area contributed by atoms with Gasteiger partial charge in [0.05, 0.1) is 11.0 Å². The van der Waals surface area contributed by atoms with Crippen molar-refractivity contribution in [1.82, 2.24) is 4.57 Å². The van der Waals surface area contributed by atoms with Gasteiger partial charge >= 0.3 is 0 Å². The molecular weight excluding hydrogens is 478 g/mol. The van der Waals surface area contributed by atoms with Gasteiger partial charge < -0.3 is 4.57 Å². The van der Waals surface area contributed by atoms with E-state index >= 15 is 0 Å². The second-order valence-corrected chi connectivity index (χ2v) is 9.64. The van der Waals surface area contributed by atoms with Crippen LogP contribution in [0, 0.1) is 0 Å². The van der Waals surface area contributed by atoms with E-state index in [1.807, 2.05) is 0 Å². The summed E-state index contributed by atoms with van der Waals surface area (Å²) < 4.78 is 3.52. The van der Waals surface area contributed by atoms with Gasteiger partial charge in [-0.25, -0.2) is 0 Å². The van der Waals surface area contributed by atoms with Crippen molar-refractivity contribution in [3.05, 3.63) is 126 Å². The average molecular weight is 498 g/mol. The number of fused-ring (bicyclic) bond motifs is 8. The van der Waals surface area contributed by atoms with Crippen LogP contribution in [0.2, 0.25) is 0 Å². The first-order chi connectivity index (χ1) is 16.8. The van der Waals surface area contributed by atoms with Gasteiger partial charge in [0, 0.05) is 26.3 Å². The SMILES string of the molecule is Brc1ccc2c(c1)c1c3ccccc3c3ccccc3c1n2-c1ccc(-c2ccccc2)cc1. The van der Waals surface area contributed by atoms with E-state index in [-0.39, 0.29) is 0 Å². The Labute approximate surface area is 206 Å². The van der Waals surface area contributed by atoms with E-state index in [9.17, 15) is 0 Å². The van der Waals surface area contributed by atoms with Gasteiger partial charge in [0.1, 0.15) is 0 Å². The van der Waals surface area contributed by atoms with Gasteiger partial charge in [-0.15, -0.1) is 0 Å². The maximum Gasteiger partial charge on any atom is 0.0625 e. The summed E-state index contributed by atoms with van der Waals surface area (Å²) in [5, 5.41) is 7.71. The van der Waals surface area contributed by atoms with Crippen LogP contribution in [0.4, 0.5) is 0 Å². The van der Waals surface area contributed by atoms with Gasteiger partial charge in [0.2, 0.25) is 0 Å². The Balaban J connectivity index is 1.64. The first kappa shape index (κ1) is 19.6. The lowest BCUT2D eigenvalue weighted by atomic mass is 9.97. The first-order valence-electron chi connectivity index (χ1n) is 11.5. The number of nitrogens with zero attached hydrogens (tertiary/aromatic N) is 1. The van der Waals surface area contributed by atoms with Crippen molar-refractivity contribution in [3.63, 3.8) is 0 Å². The third-order valence-corrected chi connectivity index (χ3v) is 7.32. The fourth-order valence-corrected chi connectivity index (χ4v) is 5.71. The van der Waals surface area contributed by atoms with Crippen molar-refractivity contribution in [2.45, 2.75) is 0 Å². The molecular formula is C32H20BrN. The molecule has 1 heterocycles. The van der Waals surface area contributed by atoms with Gasteiger partial charge in [-0.05, 0) is 57.6 Å². The molecule has 7 aromatic rings. The Morgan fingerprint density at radius 2 is 1.06 bits per heavy atom. The predicted molar refractivity (Wildman–Crippen MR) is 149 cm³/mol. The second kappa shape index (κ2) is 7.58. The molecule has 2 heteroatoms. The quantitative estimate of drug-likeness (QED) is 0.209. The summed E-state index contributed by atoms with van der Waals surface area (Å²) in [5.41, 5.74) is 6.10. The highest BCUT2D eigenvalue weighted by Gasteiger charge is 2.18. The average Bonchev–Trinajstić information content (AvgIpc) is 3.24. The van der Waals surface area contributed by atoms with Gasteiger partial charge in [0.25, 0.3) is 0 Å². The molecule has 0 saturated carbocycles. The van der Waals surface area contributed by atoms with Crippen LogP contribution < -0.4 is 0 Å². The summed E-state index contributed by atoms with van der Waals surface area (Å²) >= 11 is 3.72. The highest BCUT2D eigenvalue weighted by molar-refractivity contribution is 9.10. The predicted octanol–water partition coefficient (Wildman–Crippen LogP) is 9.52. The molecule has 7 rings (SSSR count). The zero-order valence-corrected chi connectivity index (χ0v) is 20.0. The molecule has 34 heavy (non-hydrogen) atoms. The Morgan fingerprint density at radius 1 is 0.471 bits per heavy atom. The largest absolute Gasteiger partial charge is 0.309 e. The molecule has 0 aliphatic carbocycles. The van der Waals surface area contributed by atoms with Crippen molar-refractivity contribution < 1.29 is 0 Å². The van der Waals surface area contributed by atoms with Crippen molar-refractivity contribution in [1.29, 1.82) is 0 Å².